The largest absolute Gasteiger partial charge is 0.507 e. The maximum atomic E-state index is 12.4. The number of nitrogens with one attached hydrogen (secondary N) is 1. The van der Waals surface area contributed by atoms with Crippen molar-refractivity contribution >= 4 is 17.4 Å². The number of rotatable bonds is 6. The summed E-state index contributed by atoms with van der Waals surface area (Å²) in [6.07, 6.45) is 7.80. The Morgan fingerprint density at radius 1 is 0.929 bits per heavy atom. The maximum absolute atomic E-state index is 12.4. The summed E-state index contributed by atoms with van der Waals surface area (Å²) in [5.41, 5.74) is 5.39. The van der Waals surface area contributed by atoms with E-state index in [9.17, 15) is 20.0 Å². The molecule has 3 aliphatic rings. The lowest BCUT2D eigenvalue weighted by molar-refractivity contribution is -0.149. The van der Waals surface area contributed by atoms with Crippen LogP contribution in [0, 0.1) is 25.2 Å². The van der Waals surface area contributed by atoms with E-state index in [1.165, 1.54) is 11.1 Å². The third-order valence-corrected chi connectivity index (χ3v) is 8.77. The smallest absolute Gasteiger partial charge is 0.343 e. The maximum Gasteiger partial charge on any atom is 0.343 e. The average Bonchev–Trinajstić information content (AvgIpc) is 3.22. The van der Waals surface area contributed by atoms with Crippen LogP contribution in [0.25, 0.3) is 5.57 Å². The fourth-order valence-corrected chi connectivity index (χ4v) is 6.28. The van der Waals surface area contributed by atoms with E-state index in [-0.39, 0.29) is 17.6 Å². The molecule has 0 bridgehead atoms. The lowest BCUT2D eigenvalue weighted by atomic mass is 9.82. The van der Waals surface area contributed by atoms with Gasteiger partial charge in [0.25, 0.3) is 0 Å². The van der Waals surface area contributed by atoms with E-state index < -0.39 is 11.1 Å². The van der Waals surface area contributed by atoms with Gasteiger partial charge in [0.05, 0.1) is 12.5 Å². The lowest BCUT2D eigenvalue weighted by Gasteiger charge is -2.31. The summed E-state index contributed by atoms with van der Waals surface area (Å²) >= 11 is 0. The van der Waals surface area contributed by atoms with Crippen LogP contribution in [0.15, 0.2) is 42.2 Å². The Morgan fingerprint density at radius 3 is 2.17 bits per heavy atom. The molecule has 0 aromatic heterocycles. The van der Waals surface area contributed by atoms with Crippen molar-refractivity contribution in [2.45, 2.75) is 103 Å². The molecule has 0 unspecified atom stereocenters. The number of aliphatic hydroxyl groups is 1. The van der Waals surface area contributed by atoms with E-state index in [0.717, 1.165) is 67.2 Å². The van der Waals surface area contributed by atoms with Crippen LogP contribution >= 0.6 is 0 Å². The molecule has 2 aliphatic heterocycles. The number of hydrogen-bond donors (Lipinski definition) is 2. The predicted octanol–water partition coefficient (Wildman–Crippen LogP) is 6.38. The number of ether oxygens (including phenoxy) is 2. The van der Waals surface area contributed by atoms with E-state index in [0.29, 0.717) is 38.0 Å². The second-order valence-electron chi connectivity index (χ2n) is 11.8. The highest BCUT2D eigenvalue weighted by atomic mass is 16.6. The molecule has 42 heavy (non-hydrogen) atoms. The predicted molar refractivity (Wildman–Crippen MR) is 163 cm³/mol. The van der Waals surface area contributed by atoms with E-state index in [1.54, 1.807) is 0 Å². The van der Waals surface area contributed by atoms with Crippen molar-refractivity contribution in [2.24, 2.45) is 0 Å². The molecular weight excluding hydrogens is 528 g/mol. The van der Waals surface area contributed by atoms with Crippen molar-refractivity contribution in [2.75, 3.05) is 13.2 Å². The van der Waals surface area contributed by atoms with E-state index >= 15 is 0 Å². The first-order valence-corrected chi connectivity index (χ1v) is 15.3. The summed E-state index contributed by atoms with van der Waals surface area (Å²) in [7, 11) is 0. The summed E-state index contributed by atoms with van der Waals surface area (Å²) in [6, 6.07) is 14.4. The van der Waals surface area contributed by atoms with Gasteiger partial charge in [-0.1, -0.05) is 67.8 Å². The molecule has 1 amide bonds. The highest BCUT2D eigenvalue weighted by molar-refractivity contribution is 6.20. The first kappa shape index (κ1) is 31.3. The molecule has 1 spiro atoms. The fourth-order valence-electron chi connectivity index (χ4n) is 6.28. The molecule has 5 rings (SSSR count). The van der Waals surface area contributed by atoms with Crippen molar-refractivity contribution < 1.29 is 24.2 Å². The van der Waals surface area contributed by atoms with Gasteiger partial charge >= 0.3 is 5.97 Å². The number of nitrogens with zero attached hydrogens (tertiary/aromatic N) is 1. The fraction of sp³-hybridized carbons (Fsp3) is 0.514. The first-order valence-electron chi connectivity index (χ1n) is 15.3. The number of nitriles is 1. The van der Waals surface area contributed by atoms with Crippen LogP contribution in [0.1, 0.15) is 92.2 Å². The Labute approximate surface area is 249 Å². The highest BCUT2D eigenvalue weighted by Gasteiger charge is 2.49. The third kappa shape index (κ3) is 6.87. The van der Waals surface area contributed by atoms with Crippen molar-refractivity contribution in [1.29, 1.82) is 5.26 Å². The molecule has 2 fully saturated rings. The molecule has 7 heteroatoms. The Hall–Kier alpha value is -3.63. The zero-order chi connectivity index (χ0) is 30.3. The van der Waals surface area contributed by atoms with Gasteiger partial charge in [0.1, 0.15) is 11.1 Å². The first-order chi connectivity index (χ1) is 20.2. The van der Waals surface area contributed by atoms with Gasteiger partial charge in [-0.05, 0) is 74.6 Å². The van der Waals surface area contributed by atoms with Crippen LogP contribution < -0.4 is 5.32 Å². The Balaban J connectivity index is 0.000000193. The number of aliphatic hydroxyl groups excluding tert-OH is 1. The molecule has 1 saturated heterocycles. The van der Waals surface area contributed by atoms with Crippen molar-refractivity contribution in [1.82, 2.24) is 5.32 Å². The topological polar surface area (TPSA) is 109 Å². The molecule has 2 N–H and O–H groups in total. The summed E-state index contributed by atoms with van der Waals surface area (Å²) in [6.45, 7) is 9.29. The number of benzene rings is 2. The van der Waals surface area contributed by atoms with Crippen molar-refractivity contribution in [3.63, 3.8) is 0 Å². The minimum absolute atomic E-state index is 0.0861. The number of carbonyl (C=O) groups is 2. The zero-order valence-corrected chi connectivity index (χ0v) is 25.5. The molecule has 0 radical (unpaired) electrons. The molecule has 1 aliphatic carbocycles. The summed E-state index contributed by atoms with van der Waals surface area (Å²) in [5.74, 6) is -0.296. The van der Waals surface area contributed by atoms with Gasteiger partial charge in [0, 0.05) is 26.1 Å². The van der Waals surface area contributed by atoms with Gasteiger partial charge in [-0.25, -0.2) is 4.79 Å². The number of carbonyl (C=O) groups excluding carboxylic acids is 2. The normalized spacial score (nSPS) is 19.0. The molecule has 7 nitrogen and oxygen atoms in total. The summed E-state index contributed by atoms with van der Waals surface area (Å²) in [5, 5.41) is 23.0. The molecule has 2 aromatic carbocycles. The van der Waals surface area contributed by atoms with Gasteiger partial charge in [0.2, 0.25) is 5.91 Å². The zero-order valence-electron chi connectivity index (χ0n) is 25.5. The number of esters is 1. The van der Waals surface area contributed by atoms with Gasteiger partial charge in [0.15, 0.2) is 11.4 Å². The van der Waals surface area contributed by atoms with Crippen LogP contribution in [0.3, 0.4) is 0 Å². The summed E-state index contributed by atoms with van der Waals surface area (Å²) < 4.78 is 10.9. The van der Waals surface area contributed by atoms with E-state index in [4.69, 9.17) is 9.47 Å². The second-order valence-corrected chi connectivity index (χ2v) is 11.8. The van der Waals surface area contributed by atoms with Crippen LogP contribution in [0.4, 0.5) is 0 Å². The van der Waals surface area contributed by atoms with Crippen molar-refractivity contribution in [3.8, 4) is 6.07 Å². The van der Waals surface area contributed by atoms with Gasteiger partial charge in [-0.15, -0.1) is 0 Å². The third-order valence-electron chi connectivity index (χ3n) is 8.77. The van der Waals surface area contributed by atoms with Gasteiger partial charge < -0.3 is 19.9 Å². The summed E-state index contributed by atoms with van der Waals surface area (Å²) in [4.78, 5) is 24.7. The SMILES string of the molecule is CCc1cc(C)ccc1C1=C(O)C2(CCCCC2)OC1=O.CCc1cc(C)ccc1CC(=O)NC1(C#N)CCOCC1. The molecular formula is C35H44N2O5. The Kier molecular flexibility index (Phi) is 10.1. The average molecular weight is 573 g/mol. The quantitative estimate of drug-likeness (QED) is 0.389. The van der Waals surface area contributed by atoms with Crippen molar-refractivity contribution in [3.05, 3.63) is 75.5 Å². The van der Waals surface area contributed by atoms with Crippen LogP contribution in [-0.2, 0) is 38.3 Å². The number of hydrogen-bond acceptors (Lipinski definition) is 6. The van der Waals surface area contributed by atoms with Gasteiger partial charge in [-0.2, -0.15) is 5.26 Å². The number of amides is 1. The molecule has 224 valence electrons. The molecule has 0 atom stereocenters. The highest BCUT2D eigenvalue weighted by Crippen LogP contribution is 2.45. The Morgan fingerprint density at radius 2 is 1.55 bits per heavy atom. The standard InChI is InChI=1S/C18H22O3.C17H22N2O2/c1-3-13-11-12(2)7-8-14(13)15-16(19)18(21-17(15)20)9-5-4-6-10-18;1-3-14-10-13(2)4-5-15(14)11-16(20)19-17(12-18)6-8-21-9-7-17/h7-8,11,19H,3-6,9-10H2,1-2H3;4-5,10H,3,6-9,11H2,1-2H3,(H,19,20). The van der Waals surface area contributed by atoms with E-state index in [2.05, 4.69) is 44.3 Å². The Bertz CT molecular complexity index is 1370. The minimum atomic E-state index is -0.758. The second kappa shape index (κ2) is 13.6. The van der Waals surface area contributed by atoms with Crippen LogP contribution in [0.2, 0.25) is 0 Å². The van der Waals surface area contributed by atoms with Crippen LogP contribution in [-0.4, -0.2) is 41.3 Å². The monoisotopic (exact) mass is 572 g/mol. The molecule has 2 aromatic rings. The minimum Gasteiger partial charge on any atom is -0.507 e. The molecule has 1 saturated carbocycles. The number of aryl methyl sites for hydroxylation is 4. The van der Waals surface area contributed by atoms with Crippen LogP contribution in [0.5, 0.6) is 0 Å². The lowest BCUT2D eigenvalue weighted by Crippen LogP contribution is -2.51. The van der Waals surface area contributed by atoms with Gasteiger partial charge in [-0.3, -0.25) is 4.79 Å². The van der Waals surface area contributed by atoms with E-state index in [1.807, 2.05) is 31.2 Å². The molecule has 2 heterocycles.